The molecule has 160 valence electrons. The van der Waals surface area contributed by atoms with Gasteiger partial charge < -0.3 is 14.5 Å². The summed E-state index contributed by atoms with van der Waals surface area (Å²) in [6, 6.07) is 6.73. The molecule has 5 heterocycles. The molecule has 0 aliphatic carbocycles. The van der Waals surface area contributed by atoms with Crippen LogP contribution >= 0.6 is 0 Å². The Kier molecular flexibility index (Phi) is 4.01. The lowest BCUT2D eigenvalue weighted by atomic mass is 9.89. The number of carbonyl (C=O) groups excluding carboxylic acids is 1. The molecule has 0 unspecified atom stereocenters. The van der Waals surface area contributed by atoms with Gasteiger partial charge in [-0.2, -0.15) is 9.61 Å². The Bertz CT molecular complexity index is 1160. The lowest BCUT2D eigenvalue weighted by Gasteiger charge is -2.37. The zero-order valence-electron chi connectivity index (χ0n) is 16.6. The van der Waals surface area contributed by atoms with Crippen LogP contribution < -0.4 is 4.90 Å². The van der Waals surface area contributed by atoms with E-state index < -0.39 is 17.2 Å². The third-order valence-corrected chi connectivity index (χ3v) is 6.60. The van der Waals surface area contributed by atoms with E-state index in [4.69, 9.17) is 4.74 Å². The first kappa shape index (κ1) is 18.6. The maximum atomic E-state index is 13.8. The second kappa shape index (κ2) is 6.68. The number of anilines is 1. The van der Waals surface area contributed by atoms with E-state index in [9.17, 15) is 13.6 Å². The van der Waals surface area contributed by atoms with Crippen LogP contribution in [0.2, 0.25) is 0 Å². The van der Waals surface area contributed by atoms with Gasteiger partial charge in [0.1, 0.15) is 17.9 Å². The molecule has 3 aliphatic rings. The van der Waals surface area contributed by atoms with E-state index in [1.807, 2.05) is 6.07 Å². The van der Waals surface area contributed by atoms with Crippen LogP contribution in [0, 0.1) is 11.6 Å². The molecule has 6 rings (SSSR count). The second-order valence-electron chi connectivity index (χ2n) is 8.36. The van der Waals surface area contributed by atoms with E-state index in [0.29, 0.717) is 55.9 Å². The third-order valence-electron chi connectivity index (χ3n) is 6.60. The molecule has 3 aliphatic heterocycles. The Morgan fingerprint density at radius 2 is 1.84 bits per heavy atom. The number of amides is 1. The molecule has 0 saturated carbocycles. The number of aromatic nitrogens is 4. The Hall–Kier alpha value is -3.14. The normalized spacial score (nSPS) is 25.0. The van der Waals surface area contributed by atoms with Crippen molar-refractivity contribution in [1.29, 1.82) is 0 Å². The van der Waals surface area contributed by atoms with E-state index in [1.165, 1.54) is 12.1 Å². The summed E-state index contributed by atoms with van der Waals surface area (Å²) in [6.07, 6.45) is 3.61. The summed E-state index contributed by atoms with van der Waals surface area (Å²) in [5, 5.41) is 12.7. The molecule has 1 spiro atoms. The van der Waals surface area contributed by atoms with Crippen molar-refractivity contribution in [2.45, 2.75) is 43.6 Å². The summed E-state index contributed by atoms with van der Waals surface area (Å²) in [7, 11) is 0. The molecule has 10 heteroatoms. The van der Waals surface area contributed by atoms with Gasteiger partial charge in [-0.25, -0.2) is 8.78 Å². The Morgan fingerprint density at radius 3 is 2.61 bits per heavy atom. The number of hydrogen-bond acceptors (Lipinski definition) is 6. The van der Waals surface area contributed by atoms with Crippen LogP contribution in [-0.2, 0) is 9.53 Å². The Labute approximate surface area is 176 Å². The van der Waals surface area contributed by atoms with Gasteiger partial charge in [0.25, 0.3) is 5.91 Å². The van der Waals surface area contributed by atoms with Gasteiger partial charge in [-0.1, -0.05) is 0 Å². The lowest BCUT2D eigenvalue weighted by Crippen LogP contribution is -2.50. The van der Waals surface area contributed by atoms with Crippen LogP contribution in [0.1, 0.15) is 37.3 Å². The van der Waals surface area contributed by atoms with Gasteiger partial charge >= 0.3 is 0 Å². The minimum absolute atomic E-state index is 0.0893. The number of piperidine rings is 1. The van der Waals surface area contributed by atoms with Crippen molar-refractivity contribution in [3.05, 3.63) is 53.7 Å². The van der Waals surface area contributed by atoms with E-state index in [-0.39, 0.29) is 18.2 Å². The summed E-state index contributed by atoms with van der Waals surface area (Å²) in [6.45, 7) is 1.14. The maximum absolute atomic E-state index is 13.8. The molecule has 2 aromatic heterocycles. The van der Waals surface area contributed by atoms with Gasteiger partial charge in [-0.3, -0.25) is 4.79 Å². The minimum atomic E-state index is -0.903. The van der Waals surface area contributed by atoms with Crippen molar-refractivity contribution < 1.29 is 18.3 Å². The van der Waals surface area contributed by atoms with Crippen molar-refractivity contribution in [2.75, 3.05) is 18.0 Å². The van der Waals surface area contributed by atoms with Crippen molar-refractivity contribution >= 4 is 17.5 Å². The number of rotatable bonds is 2. The molecule has 31 heavy (non-hydrogen) atoms. The van der Waals surface area contributed by atoms with Gasteiger partial charge in [-0.15, -0.1) is 10.2 Å². The highest BCUT2D eigenvalue weighted by Gasteiger charge is 2.58. The number of benzene rings is 1. The van der Waals surface area contributed by atoms with E-state index in [0.717, 1.165) is 6.07 Å². The van der Waals surface area contributed by atoms with Gasteiger partial charge in [-0.05, 0) is 42.7 Å². The zero-order valence-corrected chi connectivity index (χ0v) is 16.6. The molecule has 8 nitrogen and oxygen atoms in total. The minimum Gasteiger partial charge on any atom is -0.342 e. The van der Waals surface area contributed by atoms with Crippen LogP contribution in [-0.4, -0.2) is 55.5 Å². The van der Waals surface area contributed by atoms with Gasteiger partial charge in [0.2, 0.25) is 5.95 Å². The average molecular weight is 426 g/mol. The largest absolute Gasteiger partial charge is 0.342 e. The maximum Gasteiger partial charge on any atom is 0.257 e. The van der Waals surface area contributed by atoms with Crippen molar-refractivity contribution in [1.82, 2.24) is 24.7 Å². The number of halogens is 2. The predicted octanol–water partition coefficient (Wildman–Crippen LogP) is 2.46. The summed E-state index contributed by atoms with van der Waals surface area (Å²) in [4.78, 5) is 17.2. The fraction of sp³-hybridized carbons (Fsp3) is 0.429. The average Bonchev–Trinajstić information content (AvgIpc) is 3.43. The highest BCUT2D eigenvalue weighted by molar-refractivity contribution is 5.88. The first-order chi connectivity index (χ1) is 15.0. The number of hydrogen-bond donors (Lipinski definition) is 0. The number of carbonyl (C=O) groups is 1. The van der Waals surface area contributed by atoms with Crippen LogP contribution in [0.4, 0.5) is 14.7 Å². The number of ether oxygens (including phenoxy) is 1. The monoisotopic (exact) mass is 426 g/mol. The molecule has 0 radical (unpaired) electrons. The lowest BCUT2D eigenvalue weighted by molar-refractivity contribution is -0.140. The van der Waals surface area contributed by atoms with E-state index in [1.54, 1.807) is 21.7 Å². The van der Waals surface area contributed by atoms with Crippen LogP contribution in [0.15, 0.2) is 36.5 Å². The van der Waals surface area contributed by atoms with E-state index in [2.05, 4.69) is 20.2 Å². The highest BCUT2D eigenvalue weighted by atomic mass is 19.1. The molecular weight excluding hydrogens is 406 g/mol. The molecule has 3 aromatic rings. The Balaban J connectivity index is 1.23. The van der Waals surface area contributed by atoms with Crippen LogP contribution in [0.3, 0.4) is 0 Å². The molecule has 1 amide bonds. The van der Waals surface area contributed by atoms with Crippen LogP contribution in [0.25, 0.3) is 5.65 Å². The predicted molar refractivity (Wildman–Crippen MR) is 105 cm³/mol. The molecule has 1 aromatic carbocycles. The van der Waals surface area contributed by atoms with Crippen LogP contribution in [0.5, 0.6) is 0 Å². The first-order valence-electron chi connectivity index (χ1n) is 10.4. The SMILES string of the molecule is O=C1N2[C@@H](CC[C@H]2c2cc(F)cc(F)c2)OC12CCN(c1nnc3cccnn13)CC2. The third kappa shape index (κ3) is 2.81. The number of fused-ring (bicyclic) bond motifs is 2. The topological polar surface area (TPSA) is 75.9 Å². The summed E-state index contributed by atoms with van der Waals surface area (Å²) in [5.74, 6) is -0.718. The Morgan fingerprint density at radius 1 is 1.06 bits per heavy atom. The molecule has 3 fully saturated rings. The molecule has 3 saturated heterocycles. The quantitative estimate of drug-likeness (QED) is 0.627. The fourth-order valence-corrected chi connectivity index (χ4v) is 5.14. The first-order valence-corrected chi connectivity index (χ1v) is 10.4. The highest BCUT2D eigenvalue weighted by Crippen LogP contribution is 2.48. The molecular formula is C21H20F2N6O2. The summed E-state index contributed by atoms with van der Waals surface area (Å²) in [5.41, 5.74) is 0.240. The smallest absolute Gasteiger partial charge is 0.257 e. The molecule has 2 atom stereocenters. The van der Waals surface area contributed by atoms with Crippen molar-refractivity contribution in [3.63, 3.8) is 0 Å². The summed E-state index contributed by atoms with van der Waals surface area (Å²) >= 11 is 0. The molecule has 0 N–H and O–H groups in total. The van der Waals surface area contributed by atoms with Crippen molar-refractivity contribution in [3.8, 4) is 0 Å². The van der Waals surface area contributed by atoms with Crippen molar-refractivity contribution in [2.24, 2.45) is 0 Å². The molecule has 0 bridgehead atoms. The van der Waals surface area contributed by atoms with Gasteiger partial charge in [0.15, 0.2) is 11.2 Å². The zero-order chi connectivity index (χ0) is 21.2. The van der Waals surface area contributed by atoms with Gasteiger partial charge in [0.05, 0.1) is 6.04 Å². The van der Waals surface area contributed by atoms with Gasteiger partial charge in [0, 0.05) is 38.2 Å². The summed E-state index contributed by atoms with van der Waals surface area (Å²) < 4.78 is 35.5. The second-order valence-corrected chi connectivity index (χ2v) is 8.36. The standard InChI is InChI=1S/C21H20F2N6O2/c22-14-10-13(11-15(23)12-14)16-3-4-18-28(16)19(30)21(31-18)5-8-27(9-6-21)20-26-25-17-2-1-7-24-29(17)20/h1-2,7,10-12,16,18H,3-6,8-9H2/t16-,18+/m0/s1. The fourth-order valence-electron chi connectivity index (χ4n) is 5.14. The van der Waals surface area contributed by atoms with E-state index >= 15 is 0 Å². The number of nitrogens with zero attached hydrogens (tertiary/aromatic N) is 6.